The van der Waals surface area contributed by atoms with Gasteiger partial charge in [-0.2, -0.15) is 0 Å². The second-order valence-electron chi connectivity index (χ2n) is 9.27. The molecule has 1 saturated heterocycles. The molecule has 2 aromatic rings. The van der Waals surface area contributed by atoms with Crippen LogP contribution >= 0.6 is 30.3 Å². The molecule has 2 aromatic carbocycles. The molecule has 5 N–H and O–H groups in total. The summed E-state index contributed by atoms with van der Waals surface area (Å²) in [4.78, 5) is 14.0. The lowest BCUT2D eigenvalue weighted by molar-refractivity contribution is -0.111. The van der Waals surface area contributed by atoms with Gasteiger partial charge < -0.3 is 20.5 Å². The molecule has 3 unspecified atom stereocenters. The molecule has 1 amide bonds. The Balaban J connectivity index is 1.82. The Kier molecular flexibility index (Phi) is 10.1. The first-order valence-corrected chi connectivity index (χ1v) is 15.1. The molecule has 1 aliphatic rings. The van der Waals surface area contributed by atoms with Crippen molar-refractivity contribution in [2.24, 2.45) is 0 Å². The lowest BCUT2D eigenvalue weighted by Crippen LogP contribution is -2.64. The number of nitrogens with zero attached hydrogens (tertiary/aromatic N) is 1. The third-order valence-electron chi connectivity index (χ3n) is 5.49. The average Bonchev–Trinajstić information content (AvgIpc) is 2.83. The highest BCUT2D eigenvalue weighted by Gasteiger charge is 2.30. The minimum Gasteiger partial charge on any atom is -0.368 e. The van der Waals surface area contributed by atoms with Gasteiger partial charge in [0.15, 0.2) is 0 Å². The van der Waals surface area contributed by atoms with Crippen molar-refractivity contribution in [3.63, 3.8) is 0 Å². The van der Waals surface area contributed by atoms with Gasteiger partial charge >= 0.3 is 0 Å². The molecule has 0 saturated carbocycles. The predicted molar refractivity (Wildman–Crippen MR) is 157 cm³/mol. The summed E-state index contributed by atoms with van der Waals surface area (Å²) in [6.07, 6.45) is 0.465. The molecule has 0 radical (unpaired) electrons. The van der Waals surface area contributed by atoms with Gasteiger partial charge in [0.25, 0.3) is 0 Å². The predicted octanol–water partition coefficient (Wildman–Crippen LogP) is 3.56. The molecule has 198 valence electrons. The van der Waals surface area contributed by atoms with Crippen molar-refractivity contribution < 1.29 is 9.36 Å². The molecule has 1 heterocycles. The molecule has 8 nitrogen and oxygen atoms in total. The number of para-hydroxylation sites is 1. The molecule has 0 bridgehead atoms. The summed E-state index contributed by atoms with van der Waals surface area (Å²) < 4.78 is 12.8. The van der Waals surface area contributed by atoms with Gasteiger partial charge in [-0.15, -0.1) is 11.6 Å². The van der Waals surface area contributed by atoms with Gasteiger partial charge in [-0.3, -0.25) is 20.3 Å². The van der Waals surface area contributed by atoms with Gasteiger partial charge in [0.1, 0.15) is 13.4 Å². The molecule has 0 aliphatic carbocycles. The number of amides is 1. The van der Waals surface area contributed by atoms with E-state index in [9.17, 15) is 9.36 Å². The standard InChI is InChI=1S/C26H33Cl2N6O2P/c1-6-24(35)30-21-15-22(18(27)14-17(21)10-9-13-34(2)3)32-26-29-16-19(28)25(33-26)31-20-11-7-8-12-23(20)37(4,5)36/h6-8,11-12,14-15,19,25-26,29,31-33H,1,13,16H2,2-5H3,(H,30,35). The average molecular weight is 563 g/mol. The summed E-state index contributed by atoms with van der Waals surface area (Å²) in [5.74, 6) is 5.78. The van der Waals surface area contributed by atoms with E-state index in [0.29, 0.717) is 35.1 Å². The first kappa shape index (κ1) is 29.1. The van der Waals surface area contributed by atoms with E-state index in [1.165, 1.54) is 6.08 Å². The van der Waals surface area contributed by atoms with Crippen molar-refractivity contribution in [2.75, 3.05) is 56.5 Å². The number of nitrogens with one attached hydrogen (secondary N) is 5. The maximum atomic E-state index is 12.8. The Labute approximate surface area is 228 Å². The van der Waals surface area contributed by atoms with Crippen LogP contribution in [0.1, 0.15) is 5.56 Å². The second-order valence-corrected chi connectivity index (χ2v) is 13.4. The van der Waals surface area contributed by atoms with Gasteiger partial charge in [0.05, 0.1) is 34.5 Å². The van der Waals surface area contributed by atoms with Gasteiger partial charge in [0, 0.05) is 23.1 Å². The van der Waals surface area contributed by atoms with Crippen LogP contribution in [-0.4, -0.2) is 69.2 Å². The highest BCUT2D eigenvalue weighted by atomic mass is 35.5. The van der Waals surface area contributed by atoms with Crippen LogP contribution in [0.25, 0.3) is 0 Å². The van der Waals surface area contributed by atoms with E-state index in [0.717, 1.165) is 11.0 Å². The van der Waals surface area contributed by atoms with Crippen LogP contribution in [0.15, 0.2) is 49.1 Å². The SMILES string of the molecule is C=CC(=O)Nc1cc(NC2NCC(Cl)C(Nc3ccccc3P(C)(C)=O)N2)c(Cl)cc1C#CCN(C)C. The van der Waals surface area contributed by atoms with Gasteiger partial charge in [-0.05, 0) is 57.8 Å². The number of hydrogen-bond donors (Lipinski definition) is 5. The fourth-order valence-electron chi connectivity index (χ4n) is 3.67. The van der Waals surface area contributed by atoms with E-state index >= 15 is 0 Å². The van der Waals surface area contributed by atoms with Crippen LogP contribution in [0.4, 0.5) is 17.1 Å². The normalized spacial score (nSPS) is 19.5. The van der Waals surface area contributed by atoms with Crippen molar-refractivity contribution in [1.82, 2.24) is 15.5 Å². The molecule has 1 aliphatic heterocycles. The topological polar surface area (TPSA) is 97.5 Å². The Morgan fingerprint density at radius 3 is 2.62 bits per heavy atom. The van der Waals surface area contributed by atoms with Crippen LogP contribution in [0.2, 0.25) is 5.02 Å². The van der Waals surface area contributed by atoms with E-state index in [4.69, 9.17) is 23.2 Å². The molecule has 0 spiro atoms. The Bertz CT molecular complexity index is 1250. The zero-order valence-corrected chi connectivity index (χ0v) is 23.8. The summed E-state index contributed by atoms with van der Waals surface area (Å²) in [6.45, 7) is 8.06. The van der Waals surface area contributed by atoms with Crippen molar-refractivity contribution in [3.8, 4) is 11.8 Å². The molecule has 3 atom stereocenters. The quantitative estimate of drug-likeness (QED) is 0.145. The highest BCUT2D eigenvalue weighted by Crippen LogP contribution is 2.38. The maximum Gasteiger partial charge on any atom is 0.247 e. The van der Waals surface area contributed by atoms with Crippen LogP contribution in [0.5, 0.6) is 0 Å². The largest absolute Gasteiger partial charge is 0.368 e. The first-order chi connectivity index (χ1) is 17.5. The Morgan fingerprint density at radius 1 is 1.22 bits per heavy atom. The van der Waals surface area contributed by atoms with E-state index < -0.39 is 13.4 Å². The lowest BCUT2D eigenvalue weighted by Gasteiger charge is -2.37. The third kappa shape index (κ3) is 8.24. The molecule has 1 fully saturated rings. The monoisotopic (exact) mass is 562 g/mol. The number of rotatable bonds is 8. The number of halogens is 2. The second kappa shape index (κ2) is 12.8. The summed E-state index contributed by atoms with van der Waals surface area (Å²) >= 11 is 13.2. The van der Waals surface area contributed by atoms with E-state index in [1.54, 1.807) is 25.5 Å². The number of hydrogen-bond acceptors (Lipinski definition) is 7. The van der Waals surface area contributed by atoms with Crippen LogP contribution in [-0.2, 0) is 9.36 Å². The maximum absolute atomic E-state index is 12.8. The smallest absolute Gasteiger partial charge is 0.247 e. The molecule has 0 aromatic heterocycles. The fraction of sp³-hybridized carbons (Fsp3) is 0.346. The molecular weight excluding hydrogens is 530 g/mol. The highest BCUT2D eigenvalue weighted by molar-refractivity contribution is 7.70. The summed E-state index contributed by atoms with van der Waals surface area (Å²) in [5, 5.41) is 17.1. The lowest BCUT2D eigenvalue weighted by atomic mass is 10.1. The Hall–Kier alpha value is -2.50. The van der Waals surface area contributed by atoms with Gasteiger partial charge in [0.2, 0.25) is 5.91 Å². The van der Waals surface area contributed by atoms with Crippen molar-refractivity contribution >= 4 is 58.6 Å². The number of alkyl halides is 1. The summed E-state index contributed by atoms with van der Waals surface area (Å²) in [7, 11) is 1.35. The van der Waals surface area contributed by atoms with Gasteiger partial charge in [-0.1, -0.05) is 42.2 Å². The number of anilines is 3. The van der Waals surface area contributed by atoms with Gasteiger partial charge in [-0.25, -0.2) is 0 Å². The van der Waals surface area contributed by atoms with Crippen LogP contribution in [0, 0.1) is 11.8 Å². The van der Waals surface area contributed by atoms with Crippen LogP contribution in [0.3, 0.4) is 0 Å². The third-order valence-corrected chi connectivity index (χ3v) is 7.76. The molecular formula is C26H33Cl2N6O2P. The first-order valence-electron chi connectivity index (χ1n) is 11.7. The van der Waals surface area contributed by atoms with Crippen molar-refractivity contribution in [3.05, 3.63) is 59.6 Å². The summed E-state index contributed by atoms with van der Waals surface area (Å²) in [5.41, 5.74) is 2.47. The number of carbonyl (C=O) groups is 1. The molecule has 37 heavy (non-hydrogen) atoms. The molecule has 3 rings (SSSR count). The van der Waals surface area contributed by atoms with Crippen molar-refractivity contribution in [2.45, 2.75) is 17.8 Å². The minimum absolute atomic E-state index is 0.286. The van der Waals surface area contributed by atoms with Crippen LogP contribution < -0.4 is 31.9 Å². The summed E-state index contributed by atoms with van der Waals surface area (Å²) in [6, 6.07) is 11.0. The van der Waals surface area contributed by atoms with Crippen molar-refractivity contribution in [1.29, 1.82) is 0 Å². The van der Waals surface area contributed by atoms with E-state index in [2.05, 4.69) is 45.0 Å². The zero-order valence-electron chi connectivity index (χ0n) is 21.4. The minimum atomic E-state index is -2.50. The van der Waals surface area contributed by atoms with E-state index in [1.807, 2.05) is 43.3 Å². The van der Waals surface area contributed by atoms with E-state index in [-0.39, 0.29) is 17.5 Å². The molecule has 11 heteroatoms. The number of carbonyl (C=O) groups excluding carboxylic acids is 1. The Morgan fingerprint density at radius 2 is 1.95 bits per heavy atom. The fourth-order valence-corrected chi connectivity index (χ4v) is 5.28. The zero-order chi connectivity index (χ0) is 27.2. The number of benzene rings is 2.